The van der Waals surface area contributed by atoms with Gasteiger partial charge in [-0.2, -0.15) is 0 Å². The van der Waals surface area contributed by atoms with Gasteiger partial charge in [0.2, 0.25) is 0 Å². The number of hydrogen-bond acceptors (Lipinski definition) is 2. The smallest absolute Gasteiger partial charge is 0.0546 e. The van der Waals surface area contributed by atoms with E-state index < -0.39 is 0 Å². The van der Waals surface area contributed by atoms with Gasteiger partial charge in [-0.3, -0.25) is 0 Å². The highest BCUT2D eigenvalue weighted by Crippen LogP contribution is 2.64. The number of thiophene rings is 1. The molecule has 242 valence electrons. The van der Waals surface area contributed by atoms with Gasteiger partial charge >= 0.3 is 0 Å². The first-order chi connectivity index (χ1) is 24.7. The van der Waals surface area contributed by atoms with Gasteiger partial charge in [-0.1, -0.05) is 123 Å². The lowest BCUT2D eigenvalue weighted by Gasteiger charge is -2.53. The molecule has 1 nitrogen and oxygen atoms in total. The second-order valence-electron chi connectivity index (χ2n) is 15.3. The highest BCUT2D eigenvalue weighted by atomic mass is 32.1. The first-order valence-corrected chi connectivity index (χ1v) is 19.4. The molecule has 2 bridgehead atoms. The molecule has 50 heavy (non-hydrogen) atoms. The van der Waals surface area contributed by atoms with Gasteiger partial charge in [0.15, 0.2) is 0 Å². The zero-order valence-corrected chi connectivity index (χ0v) is 29.2. The Labute approximate surface area is 297 Å². The van der Waals surface area contributed by atoms with E-state index in [4.69, 9.17) is 0 Å². The van der Waals surface area contributed by atoms with Gasteiger partial charge in [-0.15, -0.1) is 11.3 Å². The van der Waals surface area contributed by atoms with Crippen molar-refractivity contribution in [1.82, 2.24) is 0 Å². The van der Waals surface area contributed by atoms with E-state index in [1.165, 1.54) is 102 Å². The lowest BCUT2D eigenvalue weighted by atomic mass is 9.51. The van der Waals surface area contributed by atoms with E-state index in [1.54, 1.807) is 11.1 Å². The van der Waals surface area contributed by atoms with Crippen molar-refractivity contribution in [2.75, 3.05) is 4.90 Å². The zero-order valence-electron chi connectivity index (χ0n) is 28.4. The predicted octanol–water partition coefficient (Wildman–Crippen LogP) is 13.9. The second-order valence-corrected chi connectivity index (χ2v) is 16.4. The Morgan fingerprint density at radius 1 is 0.560 bits per heavy atom. The van der Waals surface area contributed by atoms with Gasteiger partial charge in [0.05, 0.1) is 5.69 Å². The van der Waals surface area contributed by atoms with Crippen LogP contribution in [0.4, 0.5) is 17.1 Å². The summed E-state index contributed by atoms with van der Waals surface area (Å²) in [6.07, 6.45) is 6.81. The van der Waals surface area contributed by atoms with Gasteiger partial charge in [-0.05, 0) is 112 Å². The summed E-state index contributed by atoms with van der Waals surface area (Å²) >= 11 is 1.90. The lowest BCUT2D eigenvalue weighted by molar-refractivity contribution is 0.0670. The van der Waals surface area contributed by atoms with Crippen LogP contribution in [0.25, 0.3) is 52.8 Å². The topological polar surface area (TPSA) is 3.24 Å². The molecule has 1 heterocycles. The third-order valence-corrected chi connectivity index (χ3v) is 14.0. The van der Waals surface area contributed by atoms with Crippen molar-refractivity contribution >= 4 is 70.1 Å². The summed E-state index contributed by atoms with van der Waals surface area (Å²) in [4.78, 5) is 2.58. The van der Waals surface area contributed by atoms with Crippen LogP contribution >= 0.6 is 11.3 Å². The van der Waals surface area contributed by atoms with Crippen molar-refractivity contribution in [1.29, 1.82) is 0 Å². The Morgan fingerprint density at radius 3 is 2.18 bits per heavy atom. The first-order valence-electron chi connectivity index (χ1n) is 18.5. The van der Waals surface area contributed by atoms with Crippen molar-refractivity contribution in [3.8, 4) is 11.1 Å². The van der Waals surface area contributed by atoms with Crippen molar-refractivity contribution < 1.29 is 0 Å². The molecule has 2 saturated carbocycles. The van der Waals surface area contributed by atoms with Gasteiger partial charge in [0, 0.05) is 42.3 Å². The summed E-state index contributed by atoms with van der Waals surface area (Å²) in [7, 11) is 0. The molecule has 4 atom stereocenters. The number of nitrogens with zero attached hydrogens (tertiary/aromatic N) is 1. The summed E-state index contributed by atoms with van der Waals surface area (Å²) in [5.74, 6) is 2.17. The Morgan fingerprint density at radius 2 is 1.26 bits per heavy atom. The molecule has 3 aliphatic carbocycles. The van der Waals surface area contributed by atoms with Crippen LogP contribution in [-0.2, 0) is 5.41 Å². The van der Waals surface area contributed by atoms with Crippen LogP contribution in [0.1, 0.15) is 50.2 Å². The van der Waals surface area contributed by atoms with Crippen LogP contribution in [0.15, 0.2) is 140 Å². The number of fused-ring (bicyclic) bond motifs is 14. The SMILES string of the molecule is CC1CC2CCCC(C2)C12c1ccccc1-c1ccc(N(c3ccc4c(c3)sc3ccccc34)c3cc4ccccc4c4ccccc34)cc12. The molecule has 0 aliphatic heterocycles. The molecular weight excluding hydrogens is 623 g/mol. The Hall–Kier alpha value is -4.92. The molecule has 0 N–H and O–H groups in total. The molecular formula is C48H39NS. The maximum atomic E-state index is 2.62. The maximum Gasteiger partial charge on any atom is 0.0546 e. The summed E-state index contributed by atoms with van der Waals surface area (Å²) in [6.45, 7) is 2.58. The molecule has 2 heteroatoms. The van der Waals surface area contributed by atoms with Crippen LogP contribution < -0.4 is 4.90 Å². The van der Waals surface area contributed by atoms with Gasteiger partial charge in [-0.25, -0.2) is 0 Å². The third kappa shape index (κ3) is 3.94. The fourth-order valence-electron chi connectivity index (χ4n) is 11.0. The van der Waals surface area contributed by atoms with E-state index in [2.05, 4.69) is 151 Å². The van der Waals surface area contributed by atoms with Crippen LogP contribution in [0, 0.1) is 17.8 Å². The lowest BCUT2D eigenvalue weighted by Crippen LogP contribution is -2.48. The minimum absolute atomic E-state index is 0.0609. The monoisotopic (exact) mass is 661 g/mol. The van der Waals surface area contributed by atoms with Crippen LogP contribution in [0.2, 0.25) is 0 Å². The van der Waals surface area contributed by atoms with Gasteiger partial charge in [0.25, 0.3) is 0 Å². The molecule has 7 aromatic carbocycles. The third-order valence-electron chi connectivity index (χ3n) is 12.9. The summed E-state index contributed by atoms with van der Waals surface area (Å²) in [6, 6.07) is 53.2. The molecule has 0 radical (unpaired) electrons. The predicted molar refractivity (Wildman–Crippen MR) is 214 cm³/mol. The summed E-state index contributed by atoms with van der Waals surface area (Å²) in [5, 5.41) is 7.83. The Balaban J connectivity index is 1.20. The molecule has 11 rings (SSSR count). The number of anilines is 3. The zero-order chi connectivity index (χ0) is 33.0. The summed E-state index contributed by atoms with van der Waals surface area (Å²) < 4.78 is 2.68. The minimum atomic E-state index is 0.0609. The number of rotatable bonds is 3. The van der Waals surface area contributed by atoms with E-state index in [0.717, 1.165) is 5.92 Å². The minimum Gasteiger partial charge on any atom is -0.310 e. The van der Waals surface area contributed by atoms with Gasteiger partial charge < -0.3 is 4.90 Å². The number of benzene rings is 7. The largest absolute Gasteiger partial charge is 0.310 e. The second kappa shape index (κ2) is 10.8. The van der Waals surface area contributed by atoms with Gasteiger partial charge in [0.1, 0.15) is 0 Å². The quantitative estimate of drug-likeness (QED) is 0.170. The van der Waals surface area contributed by atoms with Crippen LogP contribution in [0.3, 0.4) is 0 Å². The van der Waals surface area contributed by atoms with Crippen molar-refractivity contribution in [2.24, 2.45) is 17.8 Å². The van der Waals surface area contributed by atoms with E-state index in [1.807, 2.05) is 11.3 Å². The molecule has 1 aromatic heterocycles. The Kier molecular flexibility index (Phi) is 6.23. The fraction of sp³-hybridized carbons (Fsp3) is 0.208. The first kappa shape index (κ1) is 28.9. The normalized spacial score (nSPS) is 22.4. The van der Waals surface area contributed by atoms with Crippen molar-refractivity contribution in [3.63, 3.8) is 0 Å². The molecule has 0 amide bonds. The van der Waals surface area contributed by atoms with E-state index in [9.17, 15) is 0 Å². The number of hydrogen-bond donors (Lipinski definition) is 0. The van der Waals surface area contributed by atoms with E-state index in [0.29, 0.717) is 11.8 Å². The fourth-order valence-corrected chi connectivity index (χ4v) is 12.1. The van der Waals surface area contributed by atoms with Crippen molar-refractivity contribution in [2.45, 2.75) is 44.4 Å². The molecule has 2 fully saturated rings. The average molecular weight is 662 g/mol. The molecule has 1 spiro atoms. The highest BCUT2D eigenvalue weighted by Gasteiger charge is 2.55. The van der Waals surface area contributed by atoms with E-state index in [-0.39, 0.29) is 5.41 Å². The molecule has 0 saturated heterocycles. The van der Waals surface area contributed by atoms with Crippen molar-refractivity contribution in [3.05, 3.63) is 151 Å². The van der Waals surface area contributed by atoms with Crippen LogP contribution in [-0.4, -0.2) is 0 Å². The molecule has 3 aliphatic rings. The maximum absolute atomic E-state index is 2.62. The highest BCUT2D eigenvalue weighted by molar-refractivity contribution is 7.25. The molecule has 4 unspecified atom stereocenters. The standard InChI is InChI=1S/C48H39NS/c1-30-25-31-11-10-13-33(26-31)48(30)43-19-8-6-16-38(43)39-23-21-34(28-44(39)48)49(35-22-24-42-41-18-7-9-20-46(41)50-47(42)29-35)45-27-32-12-2-3-14-36(32)37-15-4-5-17-40(37)45/h2-9,12,14-24,27-31,33H,10-11,13,25-26H2,1H3. The average Bonchev–Trinajstić information content (AvgIpc) is 3.68. The summed E-state index contributed by atoms with van der Waals surface area (Å²) in [5.41, 5.74) is 9.81. The molecule has 8 aromatic rings. The Bertz CT molecular complexity index is 2640. The van der Waals surface area contributed by atoms with E-state index >= 15 is 0 Å². The van der Waals surface area contributed by atoms with Crippen LogP contribution in [0.5, 0.6) is 0 Å².